The zero-order valence-electron chi connectivity index (χ0n) is 9.51. The molecule has 6 heteroatoms. The van der Waals surface area contributed by atoms with Crippen LogP contribution < -0.4 is 5.11 Å². The van der Waals surface area contributed by atoms with E-state index in [0.717, 1.165) is 11.3 Å². The number of aliphatic hydroxyl groups is 1. The van der Waals surface area contributed by atoms with Gasteiger partial charge in [-0.2, -0.15) is 0 Å². The van der Waals surface area contributed by atoms with Gasteiger partial charge in [0, 0.05) is 0 Å². The molecule has 2 rings (SSSR count). The Labute approximate surface area is 98.5 Å². The maximum Gasteiger partial charge on any atom is 0.232 e. The van der Waals surface area contributed by atoms with E-state index >= 15 is 0 Å². The van der Waals surface area contributed by atoms with E-state index in [2.05, 4.69) is 0 Å². The smallest absolute Gasteiger partial charge is 0.232 e. The Morgan fingerprint density at radius 2 is 2.35 bits per heavy atom. The summed E-state index contributed by atoms with van der Waals surface area (Å²) >= 11 is 0. The minimum atomic E-state index is -1.36. The molecule has 1 N–H and O–H groups in total. The average Bonchev–Trinajstić information content (AvgIpc) is 2.59. The van der Waals surface area contributed by atoms with Crippen LogP contribution in [-0.2, 0) is 14.3 Å². The molecule has 0 aromatic rings. The number of aliphatic carboxylic acids is 1. The van der Waals surface area contributed by atoms with Crippen LogP contribution >= 0.6 is 0 Å². The van der Waals surface area contributed by atoms with Crippen LogP contribution in [0.2, 0.25) is 0 Å². The highest BCUT2D eigenvalue weighted by Crippen LogP contribution is 2.38. The maximum absolute atomic E-state index is 11.3. The first-order valence-corrected chi connectivity index (χ1v) is 5.61. The zero-order valence-corrected chi connectivity index (χ0v) is 9.51. The minimum Gasteiger partial charge on any atom is -0.547 e. The van der Waals surface area contributed by atoms with Gasteiger partial charge in [0.1, 0.15) is 11.8 Å². The van der Waals surface area contributed by atoms with Crippen molar-refractivity contribution in [3.05, 3.63) is 11.3 Å². The maximum atomic E-state index is 11.3. The molecule has 0 aromatic heterocycles. The van der Waals surface area contributed by atoms with Crippen molar-refractivity contribution in [2.45, 2.75) is 38.5 Å². The van der Waals surface area contributed by atoms with Gasteiger partial charge in [0.25, 0.3) is 0 Å². The summed E-state index contributed by atoms with van der Waals surface area (Å²) in [6, 6.07) is -1.17. The number of aliphatic hydroxyl groups excluding tert-OH is 1. The van der Waals surface area contributed by atoms with E-state index in [1.54, 1.807) is 0 Å². The van der Waals surface area contributed by atoms with Crippen LogP contribution in [0.4, 0.5) is 0 Å². The molecule has 2 heterocycles. The first kappa shape index (κ1) is 11.9. The van der Waals surface area contributed by atoms with E-state index in [1.165, 1.54) is 0 Å². The standard InChI is InChI=1S/C11H15NO5/c1-2-3-6(5-13)10-9(11(15)16)12-7(14)4-8(12)17-10/h8-9,13H,2-5H2,1H3,(H,15,16)/p-1/b10-6+/t8-,9?/m1/s1. The van der Waals surface area contributed by atoms with Crippen molar-refractivity contribution in [2.75, 3.05) is 6.61 Å². The second kappa shape index (κ2) is 4.37. The molecule has 0 bridgehead atoms. The Kier molecular flexibility index (Phi) is 3.06. The number of carbonyl (C=O) groups excluding carboxylic acids is 2. The van der Waals surface area contributed by atoms with Crippen molar-refractivity contribution >= 4 is 11.9 Å². The molecule has 0 radical (unpaired) electrons. The number of carboxylic acid groups (broad SMARTS) is 1. The molecule has 1 amide bonds. The molecule has 0 spiro atoms. The van der Waals surface area contributed by atoms with Crippen LogP contribution in [0.1, 0.15) is 26.2 Å². The minimum absolute atomic E-state index is 0.185. The molecule has 1 unspecified atom stereocenters. The van der Waals surface area contributed by atoms with E-state index in [9.17, 15) is 19.8 Å². The lowest BCUT2D eigenvalue weighted by molar-refractivity contribution is -0.310. The molecule has 2 fully saturated rings. The largest absolute Gasteiger partial charge is 0.547 e. The van der Waals surface area contributed by atoms with E-state index < -0.39 is 18.2 Å². The lowest BCUT2D eigenvalue weighted by Gasteiger charge is -2.35. The molecule has 6 nitrogen and oxygen atoms in total. The van der Waals surface area contributed by atoms with E-state index in [0.29, 0.717) is 12.0 Å². The second-order valence-electron chi connectivity index (χ2n) is 4.18. The predicted molar refractivity (Wildman–Crippen MR) is 54.2 cm³/mol. The summed E-state index contributed by atoms with van der Waals surface area (Å²) in [6.45, 7) is 1.65. The van der Waals surface area contributed by atoms with Crippen LogP contribution in [0.15, 0.2) is 11.3 Å². The van der Waals surface area contributed by atoms with Crippen molar-refractivity contribution in [3.63, 3.8) is 0 Å². The summed E-state index contributed by atoms with van der Waals surface area (Å²) in [5.41, 5.74) is 0.531. The summed E-state index contributed by atoms with van der Waals surface area (Å²) in [6.07, 6.45) is 1.00. The van der Waals surface area contributed by atoms with Gasteiger partial charge < -0.3 is 19.7 Å². The molecule has 2 saturated heterocycles. The fourth-order valence-corrected chi connectivity index (χ4v) is 2.23. The van der Waals surface area contributed by atoms with Crippen molar-refractivity contribution in [1.29, 1.82) is 0 Å². The predicted octanol–water partition coefficient (Wildman–Crippen LogP) is -1.26. The van der Waals surface area contributed by atoms with Crippen LogP contribution in [-0.4, -0.2) is 40.8 Å². The van der Waals surface area contributed by atoms with Crippen LogP contribution in [0.5, 0.6) is 0 Å². The molecule has 0 saturated carbocycles. The highest BCUT2D eigenvalue weighted by Gasteiger charge is 2.51. The lowest BCUT2D eigenvalue weighted by Crippen LogP contribution is -2.57. The van der Waals surface area contributed by atoms with Gasteiger partial charge in [0.05, 0.1) is 19.0 Å². The van der Waals surface area contributed by atoms with Gasteiger partial charge in [-0.05, 0) is 12.0 Å². The number of β-lactam (4-membered cyclic amide) rings is 1. The molecule has 2 atom stereocenters. The second-order valence-corrected chi connectivity index (χ2v) is 4.18. The fourth-order valence-electron chi connectivity index (χ4n) is 2.23. The average molecular weight is 240 g/mol. The van der Waals surface area contributed by atoms with E-state index in [1.807, 2.05) is 6.92 Å². The van der Waals surface area contributed by atoms with Gasteiger partial charge in [-0.1, -0.05) is 13.3 Å². The van der Waals surface area contributed by atoms with E-state index in [4.69, 9.17) is 4.74 Å². The zero-order chi connectivity index (χ0) is 12.6. The summed E-state index contributed by atoms with van der Waals surface area (Å²) in [7, 11) is 0. The third-order valence-electron chi connectivity index (χ3n) is 3.05. The molecule has 17 heavy (non-hydrogen) atoms. The van der Waals surface area contributed by atoms with Gasteiger partial charge in [0.2, 0.25) is 5.91 Å². The Morgan fingerprint density at radius 1 is 1.65 bits per heavy atom. The first-order chi connectivity index (χ1) is 8.10. The molecule has 0 aromatic carbocycles. The van der Waals surface area contributed by atoms with E-state index in [-0.39, 0.29) is 24.7 Å². The third-order valence-corrected chi connectivity index (χ3v) is 3.05. The number of carbonyl (C=O) groups is 2. The number of ether oxygens (including phenoxy) is 1. The number of carboxylic acids is 1. The number of amides is 1. The molecule has 2 aliphatic heterocycles. The van der Waals surface area contributed by atoms with Crippen LogP contribution in [0.25, 0.3) is 0 Å². The van der Waals surface area contributed by atoms with Crippen molar-refractivity contribution in [1.82, 2.24) is 4.90 Å². The van der Waals surface area contributed by atoms with Crippen molar-refractivity contribution < 1.29 is 24.5 Å². The third kappa shape index (κ3) is 1.78. The Hall–Kier alpha value is -1.56. The highest BCUT2D eigenvalue weighted by molar-refractivity contribution is 5.90. The lowest BCUT2D eigenvalue weighted by atomic mass is 10.0. The Balaban J connectivity index is 2.33. The summed E-state index contributed by atoms with van der Waals surface area (Å²) in [4.78, 5) is 23.5. The molecule has 94 valence electrons. The van der Waals surface area contributed by atoms with Gasteiger partial charge in [-0.15, -0.1) is 0 Å². The van der Waals surface area contributed by atoms with Gasteiger partial charge in [-0.25, -0.2) is 0 Å². The highest BCUT2D eigenvalue weighted by atomic mass is 16.5. The number of rotatable bonds is 4. The Bertz CT molecular complexity index is 389. The summed E-state index contributed by atoms with van der Waals surface area (Å²) in [5, 5.41) is 20.3. The molecule has 0 aliphatic carbocycles. The summed E-state index contributed by atoms with van der Waals surface area (Å²) < 4.78 is 5.41. The fraction of sp³-hybridized carbons (Fsp3) is 0.636. The number of hydrogen-bond donors (Lipinski definition) is 1. The van der Waals surface area contributed by atoms with Crippen LogP contribution in [0.3, 0.4) is 0 Å². The number of hydrogen-bond acceptors (Lipinski definition) is 5. The first-order valence-electron chi connectivity index (χ1n) is 5.61. The molecular weight excluding hydrogens is 226 g/mol. The quantitative estimate of drug-likeness (QED) is 0.619. The van der Waals surface area contributed by atoms with Crippen molar-refractivity contribution in [3.8, 4) is 0 Å². The van der Waals surface area contributed by atoms with Crippen molar-refractivity contribution in [2.24, 2.45) is 0 Å². The SMILES string of the molecule is CCC/C(CO)=C1\O[C@@H]2CC(=O)N2C1C(=O)[O-]. The van der Waals surface area contributed by atoms with Gasteiger partial charge >= 0.3 is 0 Å². The summed E-state index contributed by atoms with van der Waals surface area (Å²) in [5.74, 6) is -1.43. The molecule has 2 aliphatic rings. The monoisotopic (exact) mass is 240 g/mol. The number of fused-ring (bicyclic) bond motifs is 1. The Morgan fingerprint density at radius 3 is 2.82 bits per heavy atom. The van der Waals surface area contributed by atoms with Crippen LogP contribution in [0, 0.1) is 0 Å². The number of nitrogens with zero attached hydrogens (tertiary/aromatic N) is 1. The van der Waals surface area contributed by atoms with Gasteiger partial charge in [0.15, 0.2) is 6.23 Å². The van der Waals surface area contributed by atoms with Gasteiger partial charge in [-0.3, -0.25) is 9.69 Å². The normalized spacial score (nSPS) is 29.5. The topological polar surface area (TPSA) is 89.9 Å². The molecular formula is C11H14NO5-.